The highest BCUT2D eigenvalue weighted by molar-refractivity contribution is 5.96. The van der Waals surface area contributed by atoms with Gasteiger partial charge in [-0.15, -0.1) is 0 Å². The smallest absolute Gasteiger partial charge is 0.251 e. The minimum absolute atomic E-state index is 0.0907. The van der Waals surface area contributed by atoms with Crippen LogP contribution < -0.4 is 16.8 Å². The Labute approximate surface area is 108 Å². The minimum Gasteiger partial charge on any atom is -0.399 e. The quantitative estimate of drug-likeness (QED) is 0.713. The van der Waals surface area contributed by atoms with Crippen molar-refractivity contribution in [2.24, 2.45) is 5.92 Å². The van der Waals surface area contributed by atoms with Crippen molar-refractivity contribution in [2.75, 3.05) is 18.0 Å². The first kappa shape index (κ1) is 12.7. The molecule has 4 nitrogen and oxygen atoms in total. The van der Waals surface area contributed by atoms with E-state index in [1.54, 1.807) is 18.2 Å². The average molecular weight is 247 g/mol. The molecule has 2 rings (SSSR count). The molecular formula is C14H21N3O. The number of hydrogen-bond acceptors (Lipinski definition) is 3. The highest BCUT2D eigenvalue weighted by Gasteiger charge is 2.15. The second kappa shape index (κ2) is 5.76. The molecule has 1 aliphatic carbocycles. The zero-order valence-corrected chi connectivity index (χ0v) is 10.6. The lowest BCUT2D eigenvalue weighted by Gasteiger charge is -2.10. The molecule has 1 saturated carbocycles. The maximum Gasteiger partial charge on any atom is 0.251 e. The van der Waals surface area contributed by atoms with E-state index in [-0.39, 0.29) is 5.91 Å². The van der Waals surface area contributed by atoms with Gasteiger partial charge in [-0.05, 0) is 30.5 Å². The molecule has 0 saturated heterocycles. The van der Waals surface area contributed by atoms with Crippen LogP contribution in [0.1, 0.15) is 42.5 Å². The summed E-state index contributed by atoms with van der Waals surface area (Å²) in [6.45, 7) is 0.734. The van der Waals surface area contributed by atoms with Crippen LogP contribution in [-0.4, -0.2) is 12.5 Å². The van der Waals surface area contributed by atoms with Crippen LogP contribution in [0.15, 0.2) is 18.2 Å². The van der Waals surface area contributed by atoms with Gasteiger partial charge in [0.25, 0.3) is 5.91 Å². The van der Waals surface area contributed by atoms with E-state index in [0.29, 0.717) is 16.9 Å². The number of rotatable bonds is 4. The molecule has 1 aliphatic rings. The summed E-state index contributed by atoms with van der Waals surface area (Å²) in [5.74, 6) is 0.697. The van der Waals surface area contributed by atoms with E-state index in [0.717, 1.165) is 18.9 Å². The van der Waals surface area contributed by atoms with Crippen LogP contribution in [0.25, 0.3) is 0 Å². The molecular weight excluding hydrogens is 226 g/mol. The van der Waals surface area contributed by atoms with Gasteiger partial charge in [-0.25, -0.2) is 0 Å². The second-order valence-corrected chi connectivity index (χ2v) is 5.08. The summed E-state index contributed by atoms with van der Waals surface area (Å²) in [4.78, 5) is 11.9. The Balaban J connectivity index is 1.83. The molecule has 1 aromatic rings. The average Bonchev–Trinajstić information content (AvgIpc) is 2.80. The lowest BCUT2D eigenvalue weighted by molar-refractivity contribution is 0.0951. The topological polar surface area (TPSA) is 81.1 Å². The van der Waals surface area contributed by atoms with E-state index >= 15 is 0 Å². The Kier molecular flexibility index (Phi) is 4.07. The van der Waals surface area contributed by atoms with Crippen LogP contribution in [0.5, 0.6) is 0 Å². The zero-order valence-electron chi connectivity index (χ0n) is 10.6. The predicted octanol–water partition coefficient (Wildman–Crippen LogP) is 2.16. The molecule has 1 amide bonds. The maximum absolute atomic E-state index is 11.9. The molecule has 0 bridgehead atoms. The number of anilines is 2. The van der Waals surface area contributed by atoms with Crippen molar-refractivity contribution in [2.45, 2.75) is 32.1 Å². The fraction of sp³-hybridized carbons (Fsp3) is 0.500. The Morgan fingerprint density at radius 3 is 2.39 bits per heavy atom. The largest absolute Gasteiger partial charge is 0.399 e. The summed E-state index contributed by atoms with van der Waals surface area (Å²) in [6, 6.07) is 4.96. The Morgan fingerprint density at radius 1 is 1.17 bits per heavy atom. The predicted molar refractivity (Wildman–Crippen MR) is 74.2 cm³/mol. The van der Waals surface area contributed by atoms with Crippen molar-refractivity contribution >= 4 is 17.3 Å². The minimum atomic E-state index is -0.0907. The van der Waals surface area contributed by atoms with E-state index in [2.05, 4.69) is 5.32 Å². The van der Waals surface area contributed by atoms with Crippen LogP contribution in [0.4, 0.5) is 11.4 Å². The third kappa shape index (κ3) is 3.39. The standard InChI is InChI=1S/C14H21N3O/c15-12-7-11(8-13(16)9-12)14(18)17-6-5-10-3-1-2-4-10/h7-10H,1-6,15-16H2,(H,17,18). The monoisotopic (exact) mass is 247 g/mol. The number of nitrogen functional groups attached to an aromatic ring is 2. The van der Waals surface area contributed by atoms with Gasteiger partial charge in [0.2, 0.25) is 0 Å². The molecule has 5 N–H and O–H groups in total. The van der Waals surface area contributed by atoms with Crippen molar-refractivity contribution in [1.82, 2.24) is 5.32 Å². The second-order valence-electron chi connectivity index (χ2n) is 5.08. The van der Waals surface area contributed by atoms with Crippen LogP contribution in [-0.2, 0) is 0 Å². The molecule has 0 atom stereocenters. The summed E-state index contributed by atoms with van der Waals surface area (Å²) >= 11 is 0. The van der Waals surface area contributed by atoms with Gasteiger partial charge < -0.3 is 16.8 Å². The van der Waals surface area contributed by atoms with Crippen molar-refractivity contribution in [3.8, 4) is 0 Å². The van der Waals surface area contributed by atoms with E-state index in [4.69, 9.17) is 11.5 Å². The lowest BCUT2D eigenvalue weighted by atomic mass is 10.0. The van der Waals surface area contributed by atoms with Gasteiger partial charge in [-0.2, -0.15) is 0 Å². The van der Waals surface area contributed by atoms with Gasteiger partial charge >= 0.3 is 0 Å². The molecule has 1 aromatic carbocycles. The fourth-order valence-corrected chi connectivity index (χ4v) is 2.60. The first-order valence-electron chi connectivity index (χ1n) is 6.59. The fourth-order valence-electron chi connectivity index (χ4n) is 2.60. The molecule has 0 unspecified atom stereocenters. The van der Waals surface area contributed by atoms with E-state index in [1.807, 2.05) is 0 Å². The number of nitrogens with two attached hydrogens (primary N) is 2. The first-order chi connectivity index (χ1) is 8.65. The van der Waals surface area contributed by atoms with Crippen LogP contribution in [0, 0.1) is 5.92 Å². The Bertz CT molecular complexity index is 405. The molecule has 4 heteroatoms. The third-order valence-corrected chi connectivity index (χ3v) is 3.55. The summed E-state index contributed by atoms with van der Waals surface area (Å²) in [5.41, 5.74) is 12.9. The van der Waals surface area contributed by atoms with Gasteiger partial charge in [0.1, 0.15) is 0 Å². The van der Waals surface area contributed by atoms with Gasteiger partial charge in [0, 0.05) is 23.5 Å². The van der Waals surface area contributed by atoms with E-state index in [1.165, 1.54) is 25.7 Å². The highest BCUT2D eigenvalue weighted by Crippen LogP contribution is 2.26. The SMILES string of the molecule is Nc1cc(N)cc(C(=O)NCCC2CCCC2)c1. The van der Waals surface area contributed by atoms with Crippen molar-refractivity contribution in [1.29, 1.82) is 0 Å². The molecule has 1 fully saturated rings. The molecule has 0 aliphatic heterocycles. The number of benzene rings is 1. The first-order valence-corrected chi connectivity index (χ1v) is 6.59. The number of nitrogens with one attached hydrogen (secondary N) is 1. The Morgan fingerprint density at radius 2 is 1.78 bits per heavy atom. The Hall–Kier alpha value is -1.71. The van der Waals surface area contributed by atoms with Gasteiger partial charge in [0.15, 0.2) is 0 Å². The van der Waals surface area contributed by atoms with Gasteiger partial charge in [-0.3, -0.25) is 4.79 Å². The summed E-state index contributed by atoms with van der Waals surface area (Å²) < 4.78 is 0. The summed E-state index contributed by atoms with van der Waals surface area (Å²) in [6.07, 6.45) is 6.36. The number of amides is 1. The molecule has 0 aromatic heterocycles. The van der Waals surface area contributed by atoms with Crippen LogP contribution >= 0.6 is 0 Å². The third-order valence-electron chi connectivity index (χ3n) is 3.55. The normalized spacial score (nSPS) is 15.8. The molecule has 0 radical (unpaired) electrons. The number of carbonyl (C=O) groups excluding carboxylic acids is 1. The van der Waals surface area contributed by atoms with Gasteiger partial charge in [0.05, 0.1) is 0 Å². The van der Waals surface area contributed by atoms with Gasteiger partial charge in [-0.1, -0.05) is 25.7 Å². The highest BCUT2D eigenvalue weighted by atomic mass is 16.1. The lowest BCUT2D eigenvalue weighted by Crippen LogP contribution is -2.25. The zero-order chi connectivity index (χ0) is 13.0. The number of carbonyl (C=O) groups is 1. The van der Waals surface area contributed by atoms with E-state index in [9.17, 15) is 4.79 Å². The van der Waals surface area contributed by atoms with Crippen molar-refractivity contribution in [3.05, 3.63) is 23.8 Å². The molecule has 0 spiro atoms. The molecule has 0 heterocycles. The summed E-state index contributed by atoms with van der Waals surface area (Å²) in [5, 5.41) is 2.93. The molecule has 98 valence electrons. The van der Waals surface area contributed by atoms with Crippen molar-refractivity contribution in [3.63, 3.8) is 0 Å². The van der Waals surface area contributed by atoms with E-state index < -0.39 is 0 Å². The maximum atomic E-state index is 11.9. The number of hydrogen-bond donors (Lipinski definition) is 3. The summed E-state index contributed by atoms with van der Waals surface area (Å²) in [7, 11) is 0. The van der Waals surface area contributed by atoms with Crippen molar-refractivity contribution < 1.29 is 4.79 Å². The van der Waals surface area contributed by atoms with Crippen LogP contribution in [0.3, 0.4) is 0 Å². The van der Waals surface area contributed by atoms with Crippen LogP contribution in [0.2, 0.25) is 0 Å². The molecule has 18 heavy (non-hydrogen) atoms.